The van der Waals surface area contributed by atoms with Crippen LogP contribution in [0.2, 0.25) is 18.6 Å². The summed E-state index contributed by atoms with van der Waals surface area (Å²) in [4.78, 5) is 49.6. The zero-order valence-corrected chi connectivity index (χ0v) is 37.7. The van der Waals surface area contributed by atoms with Gasteiger partial charge in [0.1, 0.15) is 11.5 Å². The van der Waals surface area contributed by atoms with Crippen molar-refractivity contribution in [2.24, 2.45) is 5.92 Å². The Morgan fingerprint density at radius 3 is 2.35 bits per heavy atom. The second-order valence-corrected chi connectivity index (χ2v) is 22.5. The maximum Gasteiger partial charge on any atom is 0.264 e. The van der Waals surface area contributed by atoms with Crippen LogP contribution in [0.15, 0.2) is 84.9 Å². The third kappa shape index (κ3) is 7.51. The molecule has 1 spiro atoms. The number of carbonyl (C=O) groups excluding carboxylic acids is 3. The largest absolute Gasteiger partial charge is 0.497 e. The maximum absolute atomic E-state index is 15.1. The van der Waals surface area contributed by atoms with Gasteiger partial charge in [0.15, 0.2) is 5.60 Å². The highest BCUT2D eigenvalue weighted by Crippen LogP contribution is 2.60. The van der Waals surface area contributed by atoms with E-state index in [9.17, 15) is 19.8 Å². The predicted octanol–water partition coefficient (Wildman–Crippen LogP) is 5.57. The molecule has 4 aliphatic rings. The molecule has 12 nitrogen and oxygen atoms in total. The molecule has 0 saturated carbocycles. The summed E-state index contributed by atoms with van der Waals surface area (Å²) in [6, 6.07) is 26.8. The van der Waals surface area contributed by atoms with Gasteiger partial charge in [-0.3, -0.25) is 19.3 Å². The molecule has 3 N–H and O–H groups in total. The van der Waals surface area contributed by atoms with Gasteiger partial charge in [-0.05, 0) is 110 Å². The van der Waals surface area contributed by atoms with Gasteiger partial charge >= 0.3 is 0 Å². The minimum absolute atomic E-state index is 0.0395. The Hall–Kier alpha value is -5.05. The van der Waals surface area contributed by atoms with Gasteiger partial charge in [0.2, 0.25) is 11.8 Å². The molecule has 328 valence electrons. The average molecular weight is 861 g/mol. The number of hydrogen-bond acceptors (Lipinski definition) is 9. The summed E-state index contributed by atoms with van der Waals surface area (Å²) in [5, 5.41) is 24.6. The van der Waals surface area contributed by atoms with Gasteiger partial charge in [0, 0.05) is 37.4 Å². The van der Waals surface area contributed by atoms with E-state index in [-0.39, 0.29) is 54.9 Å². The number of unbranched alkanes of at least 4 members (excludes halogenated alkanes) is 1. The lowest BCUT2D eigenvalue weighted by Crippen LogP contribution is -2.52. The first-order valence-electron chi connectivity index (χ1n) is 22.0. The molecule has 0 aliphatic carbocycles. The minimum Gasteiger partial charge on any atom is -0.497 e. The van der Waals surface area contributed by atoms with Crippen molar-refractivity contribution in [3.8, 4) is 11.5 Å². The number of benzene rings is 4. The summed E-state index contributed by atoms with van der Waals surface area (Å²) in [6.07, 6.45) is 1.80. The standard InChI is InChI=1S/C49H60N4O8Si/c1-7-60-38-17-21-42-34(25-38)26-41(50-22-10-11-23-54)47(57)53(42)35-14-20-43-40(27-35)49(48(58)51(43)3)31(2)46(62(5,6)39-18-15-37(59-4)16-19-39)44(61-49)28-45(56)52-29-33-13-9-8-12-32(33)24-36(52)30-55/h8-9,12-21,25,27,31,36,41,44,46,50,54-55H,7,10-11,22-24,26,28-30H2,1-6H3/t31-,36-,41?,44+,46-,49+/m0/s1. The van der Waals surface area contributed by atoms with E-state index in [0.29, 0.717) is 55.9 Å². The quantitative estimate of drug-likeness (QED) is 0.110. The van der Waals surface area contributed by atoms with E-state index in [4.69, 9.17) is 14.2 Å². The summed E-state index contributed by atoms with van der Waals surface area (Å²) in [5.41, 5.74) is 4.23. The van der Waals surface area contributed by atoms with E-state index in [1.807, 2.05) is 73.7 Å². The normalized spacial score (nSPS) is 24.3. The predicted molar refractivity (Wildman–Crippen MR) is 242 cm³/mol. The Kier molecular flexibility index (Phi) is 12.4. The summed E-state index contributed by atoms with van der Waals surface area (Å²) in [6.45, 7) is 10.0. The van der Waals surface area contributed by atoms with Crippen LogP contribution in [-0.4, -0.2) is 99.6 Å². The molecule has 1 saturated heterocycles. The molecule has 62 heavy (non-hydrogen) atoms. The van der Waals surface area contributed by atoms with Crippen LogP contribution < -0.4 is 29.8 Å². The number of nitrogens with one attached hydrogen (secondary N) is 1. The second-order valence-electron chi connectivity index (χ2n) is 17.8. The lowest BCUT2D eigenvalue weighted by atomic mass is 9.82. The van der Waals surface area contributed by atoms with Crippen LogP contribution in [0.5, 0.6) is 11.5 Å². The number of anilines is 3. The Labute approximate surface area is 365 Å². The highest BCUT2D eigenvalue weighted by molar-refractivity contribution is 6.91. The molecule has 0 bridgehead atoms. The molecule has 0 radical (unpaired) electrons. The first-order valence-corrected chi connectivity index (χ1v) is 25.1. The maximum atomic E-state index is 15.1. The first kappa shape index (κ1) is 43.6. The van der Waals surface area contributed by atoms with Crippen LogP contribution in [-0.2, 0) is 44.1 Å². The third-order valence-electron chi connectivity index (χ3n) is 14.0. The molecular weight excluding hydrogens is 801 g/mol. The molecule has 8 rings (SSSR count). The fraction of sp³-hybridized carbons (Fsp3) is 0.449. The zero-order chi connectivity index (χ0) is 43.9. The molecule has 4 heterocycles. The smallest absolute Gasteiger partial charge is 0.264 e. The minimum atomic E-state index is -2.59. The number of carbonyl (C=O) groups is 3. The zero-order valence-electron chi connectivity index (χ0n) is 36.7. The highest BCUT2D eigenvalue weighted by Gasteiger charge is 2.66. The number of amides is 3. The fourth-order valence-corrected chi connectivity index (χ4v) is 14.8. The van der Waals surface area contributed by atoms with Crippen LogP contribution in [0.3, 0.4) is 0 Å². The SMILES string of the molecule is CCOc1ccc2c(c1)CC(NCCCCO)C(=O)N2c1ccc2c(c1)[C@@]1(O[C@H](CC(=O)N3Cc4ccccc4C[C@H]3CO)[C@@H]([Si](C)(C)c3ccc(OC)cc3)[C@@H]1C)C(=O)N2C. The fourth-order valence-electron chi connectivity index (χ4n) is 10.8. The number of methoxy groups -OCH3 is 1. The summed E-state index contributed by atoms with van der Waals surface area (Å²) < 4.78 is 18.7. The molecule has 3 amide bonds. The molecule has 4 aromatic rings. The molecule has 1 fully saturated rings. The number of nitrogens with zero attached hydrogens (tertiary/aromatic N) is 3. The number of aliphatic hydroxyl groups is 2. The van der Waals surface area contributed by atoms with Gasteiger partial charge in [0.05, 0.1) is 64.4 Å². The Morgan fingerprint density at radius 2 is 1.65 bits per heavy atom. The number of likely N-dealkylation sites (N-methyl/N-ethyl adjacent to an activating group) is 1. The Balaban J connectivity index is 1.21. The van der Waals surface area contributed by atoms with Gasteiger partial charge in [-0.15, -0.1) is 0 Å². The van der Waals surface area contributed by atoms with Crippen molar-refractivity contribution in [1.82, 2.24) is 10.2 Å². The van der Waals surface area contributed by atoms with Crippen molar-refractivity contribution >= 4 is 48.0 Å². The number of fused-ring (bicyclic) bond motifs is 4. The summed E-state index contributed by atoms with van der Waals surface area (Å²) in [5.74, 6) is 0.662. The highest BCUT2D eigenvalue weighted by atomic mass is 28.3. The summed E-state index contributed by atoms with van der Waals surface area (Å²) in [7, 11) is 0.824. The van der Waals surface area contributed by atoms with Crippen molar-refractivity contribution in [3.05, 3.63) is 107 Å². The lowest BCUT2D eigenvalue weighted by molar-refractivity contribution is -0.150. The number of aliphatic hydroxyl groups excluding tert-OH is 2. The number of ether oxygens (including phenoxy) is 3. The van der Waals surface area contributed by atoms with Crippen LogP contribution in [0, 0.1) is 5.92 Å². The second kappa shape index (κ2) is 17.6. The van der Waals surface area contributed by atoms with Crippen molar-refractivity contribution in [3.63, 3.8) is 0 Å². The molecule has 13 heteroatoms. The van der Waals surface area contributed by atoms with E-state index >= 15 is 4.79 Å². The van der Waals surface area contributed by atoms with Crippen molar-refractivity contribution in [1.29, 1.82) is 0 Å². The van der Waals surface area contributed by atoms with Crippen LogP contribution in [0.1, 0.15) is 55.4 Å². The lowest BCUT2D eigenvalue weighted by Gasteiger charge is -2.39. The number of hydrogen-bond donors (Lipinski definition) is 3. The van der Waals surface area contributed by atoms with Crippen LogP contribution in [0.4, 0.5) is 17.1 Å². The van der Waals surface area contributed by atoms with E-state index < -0.39 is 25.8 Å². The molecule has 6 atom stereocenters. The van der Waals surface area contributed by atoms with Gasteiger partial charge in [-0.2, -0.15) is 0 Å². The van der Waals surface area contributed by atoms with Gasteiger partial charge < -0.3 is 39.5 Å². The van der Waals surface area contributed by atoms with E-state index in [1.54, 1.807) is 28.9 Å². The molecule has 4 aliphatic heterocycles. The van der Waals surface area contributed by atoms with Gasteiger partial charge in [-0.25, -0.2) is 0 Å². The van der Waals surface area contributed by atoms with Crippen LogP contribution in [0.25, 0.3) is 0 Å². The van der Waals surface area contributed by atoms with Gasteiger partial charge in [-0.1, -0.05) is 61.6 Å². The molecule has 4 aromatic carbocycles. The Bertz CT molecular complexity index is 2320. The summed E-state index contributed by atoms with van der Waals surface area (Å²) >= 11 is 0. The van der Waals surface area contributed by atoms with E-state index in [2.05, 4.69) is 43.5 Å². The topological polar surface area (TPSA) is 141 Å². The molecule has 1 unspecified atom stereocenters. The van der Waals surface area contributed by atoms with Crippen molar-refractivity contribution in [2.75, 3.05) is 50.3 Å². The third-order valence-corrected chi connectivity index (χ3v) is 18.4. The van der Waals surface area contributed by atoms with Crippen molar-refractivity contribution in [2.45, 2.75) is 94.9 Å². The number of rotatable bonds is 14. The van der Waals surface area contributed by atoms with Crippen LogP contribution >= 0.6 is 0 Å². The van der Waals surface area contributed by atoms with E-state index in [0.717, 1.165) is 45.5 Å². The van der Waals surface area contributed by atoms with Gasteiger partial charge in [0.25, 0.3) is 5.91 Å². The first-order chi connectivity index (χ1) is 29.9. The van der Waals surface area contributed by atoms with Crippen molar-refractivity contribution < 1.29 is 38.8 Å². The monoisotopic (exact) mass is 860 g/mol. The molecular formula is C49H60N4O8Si. The average Bonchev–Trinajstić information content (AvgIpc) is 3.69. The molecule has 0 aromatic heterocycles. The Morgan fingerprint density at radius 1 is 0.919 bits per heavy atom. The van der Waals surface area contributed by atoms with E-state index in [1.165, 1.54) is 0 Å².